The Bertz CT molecular complexity index is 694. The van der Waals surface area contributed by atoms with E-state index >= 15 is 0 Å². The van der Waals surface area contributed by atoms with E-state index in [1.807, 2.05) is 6.07 Å². The van der Waals surface area contributed by atoms with Crippen molar-refractivity contribution in [3.05, 3.63) is 63.1 Å². The Balaban J connectivity index is 2.01. The van der Waals surface area contributed by atoms with E-state index in [0.717, 1.165) is 28.0 Å². The number of hydrogen-bond donors (Lipinski definition) is 0. The molecule has 1 aliphatic heterocycles. The molecule has 1 nitrogen and oxygen atoms in total. The van der Waals surface area contributed by atoms with Gasteiger partial charge < -0.3 is 4.74 Å². The molecule has 0 radical (unpaired) electrons. The van der Waals surface area contributed by atoms with Gasteiger partial charge in [0.25, 0.3) is 0 Å². The van der Waals surface area contributed by atoms with E-state index in [4.69, 9.17) is 16.3 Å². The van der Waals surface area contributed by atoms with E-state index in [1.165, 1.54) is 11.1 Å². The SMILES string of the molecule is Cc1ccc(C(Cl)c2ccc3c(c2)C(C)(C)CO3)c(Br)c1. The molecule has 0 fully saturated rings. The van der Waals surface area contributed by atoms with Crippen LogP contribution in [-0.2, 0) is 5.41 Å². The molecule has 1 atom stereocenters. The number of alkyl halides is 1. The van der Waals surface area contributed by atoms with E-state index in [-0.39, 0.29) is 10.8 Å². The molecule has 0 spiro atoms. The minimum Gasteiger partial charge on any atom is -0.492 e. The van der Waals surface area contributed by atoms with Gasteiger partial charge in [0.05, 0.1) is 12.0 Å². The third kappa shape index (κ3) is 2.72. The van der Waals surface area contributed by atoms with Gasteiger partial charge in [0, 0.05) is 15.5 Å². The first kappa shape index (κ1) is 14.9. The van der Waals surface area contributed by atoms with Crippen LogP contribution < -0.4 is 4.74 Å². The lowest BCUT2D eigenvalue weighted by molar-refractivity contribution is 0.291. The lowest BCUT2D eigenvalue weighted by Crippen LogP contribution is -2.18. The zero-order valence-corrected chi connectivity index (χ0v) is 14.8. The fourth-order valence-corrected chi connectivity index (χ4v) is 3.89. The highest BCUT2D eigenvalue weighted by atomic mass is 79.9. The summed E-state index contributed by atoms with van der Waals surface area (Å²) in [5.74, 6) is 0.982. The Hall–Kier alpha value is -0.990. The summed E-state index contributed by atoms with van der Waals surface area (Å²) in [6.07, 6.45) is 0. The van der Waals surface area contributed by atoms with Gasteiger partial charge in [-0.25, -0.2) is 0 Å². The maximum atomic E-state index is 6.71. The molecule has 21 heavy (non-hydrogen) atoms. The number of fused-ring (bicyclic) bond motifs is 1. The highest BCUT2D eigenvalue weighted by molar-refractivity contribution is 9.10. The first-order valence-corrected chi connectivity index (χ1v) is 8.29. The van der Waals surface area contributed by atoms with Gasteiger partial charge in [0.2, 0.25) is 0 Å². The highest BCUT2D eigenvalue weighted by Crippen LogP contribution is 2.42. The predicted octanol–water partition coefficient (Wildman–Crippen LogP) is 5.76. The van der Waals surface area contributed by atoms with Crippen LogP contribution in [0, 0.1) is 6.92 Å². The topological polar surface area (TPSA) is 9.23 Å². The fraction of sp³-hybridized carbons (Fsp3) is 0.333. The zero-order chi connectivity index (χ0) is 15.2. The Morgan fingerprint density at radius 3 is 2.67 bits per heavy atom. The van der Waals surface area contributed by atoms with Crippen molar-refractivity contribution >= 4 is 27.5 Å². The number of hydrogen-bond acceptors (Lipinski definition) is 1. The summed E-state index contributed by atoms with van der Waals surface area (Å²) in [6, 6.07) is 12.6. The first-order valence-electron chi connectivity index (χ1n) is 7.06. The summed E-state index contributed by atoms with van der Waals surface area (Å²) >= 11 is 10.3. The van der Waals surface area contributed by atoms with Gasteiger partial charge in [0.15, 0.2) is 0 Å². The molecule has 0 N–H and O–H groups in total. The average Bonchev–Trinajstić information content (AvgIpc) is 2.74. The van der Waals surface area contributed by atoms with Gasteiger partial charge in [-0.05, 0) is 41.8 Å². The van der Waals surface area contributed by atoms with Crippen molar-refractivity contribution in [2.24, 2.45) is 0 Å². The van der Waals surface area contributed by atoms with Gasteiger partial charge in [-0.15, -0.1) is 11.6 Å². The predicted molar refractivity (Wildman–Crippen MR) is 91.5 cm³/mol. The van der Waals surface area contributed by atoms with E-state index < -0.39 is 0 Å². The number of rotatable bonds is 2. The standard InChI is InChI=1S/C18H18BrClO/c1-11-4-6-13(15(19)8-11)17(20)12-5-7-16-14(9-12)18(2,3)10-21-16/h4-9,17H,10H2,1-3H3. The number of halogens is 2. The van der Waals surface area contributed by atoms with Crippen LogP contribution >= 0.6 is 27.5 Å². The quantitative estimate of drug-likeness (QED) is 0.615. The molecule has 3 rings (SSSR count). The van der Waals surface area contributed by atoms with Gasteiger partial charge in [-0.1, -0.05) is 48.0 Å². The van der Waals surface area contributed by atoms with Crippen molar-refractivity contribution < 1.29 is 4.74 Å². The van der Waals surface area contributed by atoms with E-state index in [2.05, 4.69) is 67.0 Å². The second kappa shape index (κ2) is 5.33. The van der Waals surface area contributed by atoms with Crippen LogP contribution in [0.5, 0.6) is 5.75 Å². The summed E-state index contributed by atoms with van der Waals surface area (Å²) in [5, 5.41) is -0.165. The molecule has 0 aromatic heterocycles. The summed E-state index contributed by atoms with van der Waals surface area (Å²) in [4.78, 5) is 0. The van der Waals surface area contributed by atoms with Crippen molar-refractivity contribution in [1.29, 1.82) is 0 Å². The Morgan fingerprint density at radius 2 is 1.95 bits per heavy atom. The highest BCUT2D eigenvalue weighted by Gasteiger charge is 2.32. The van der Waals surface area contributed by atoms with Crippen LogP contribution in [0.1, 0.15) is 41.5 Å². The molecule has 0 aliphatic carbocycles. The Labute approximate surface area is 139 Å². The minimum atomic E-state index is -0.165. The van der Waals surface area contributed by atoms with Gasteiger partial charge in [-0.3, -0.25) is 0 Å². The monoisotopic (exact) mass is 364 g/mol. The van der Waals surface area contributed by atoms with Crippen LogP contribution in [-0.4, -0.2) is 6.61 Å². The lowest BCUT2D eigenvalue weighted by atomic mass is 9.85. The molecule has 2 aromatic rings. The molecule has 2 aromatic carbocycles. The van der Waals surface area contributed by atoms with Gasteiger partial charge >= 0.3 is 0 Å². The van der Waals surface area contributed by atoms with Crippen molar-refractivity contribution in [3.63, 3.8) is 0 Å². The van der Waals surface area contributed by atoms with Crippen LogP contribution in [0.3, 0.4) is 0 Å². The smallest absolute Gasteiger partial charge is 0.123 e. The van der Waals surface area contributed by atoms with E-state index in [0.29, 0.717) is 0 Å². The molecule has 3 heteroatoms. The molecular weight excluding hydrogens is 348 g/mol. The normalized spacial score (nSPS) is 17.2. The van der Waals surface area contributed by atoms with Crippen LogP contribution in [0.2, 0.25) is 0 Å². The first-order chi connectivity index (χ1) is 9.88. The summed E-state index contributed by atoms with van der Waals surface area (Å²) in [7, 11) is 0. The largest absolute Gasteiger partial charge is 0.492 e. The molecule has 0 amide bonds. The summed E-state index contributed by atoms with van der Waals surface area (Å²) in [5.41, 5.74) is 4.72. The van der Waals surface area contributed by atoms with Crippen LogP contribution in [0.25, 0.3) is 0 Å². The molecular formula is C18H18BrClO. The second-order valence-corrected chi connectivity index (χ2v) is 7.61. The number of benzene rings is 2. The molecule has 1 unspecified atom stereocenters. The minimum absolute atomic E-state index is 0.0481. The number of ether oxygens (including phenoxy) is 1. The van der Waals surface area contributed by atoms with E-state index in [1.54, 1.807) is 0 Å². The van der Waals surface area contributed by atoms with E-state index in [9.17, 15) is 0 Å². The molecule has 0 saturated heterocycles. The van der Waals surface area contributed by atoms with Crippen LogP contribution in [0.15, 0.2) is 40.9 Å². The lowest BCUT2D eigenvalue weighted by Gasteiger charge is -2.18. The zero-order valence-electron chi connectivity index (χ0n) is 12.4. The number of aryl methyl sites for hydroxylation is 1. The molecule has 0 saturated carbocycles. The Kier molecular flexibility index (Phi) is 3.79. The van der Waals surface area contributed by atoms with Crippen molar-refractivity contribution in [1.82, 2.24) is 0 Å². The average molecular weight is 366 g/mol. The van der Waals surface area contributed by atoms with Crippen molar-refractivity contribution in [3.8, 4) is 5.75 Å². The maximum Gasteiger partial charge on any atom is 0.123 e. The maximum absolute atomic E-state index is 6.71. The third-order valence-corrected chi connectivity index (χ3v) is 5.22. The molecule has 0 bridgehead atoms. The molecule has 1 aliphatic rings. The molecule has 1 heterocycles. The fourth-order valence-electron chi connectivity index (χ4n) is 2.71. The van der Waals surface area contributed by atoms with Gasteiger partial charge in [0.1, 0.15) is 5.75 Å². The second-order valence-electron chi connectivity index (χ2n) is 6.32. The summed E-state index contributed by atoms with van der Waals surface area (Å²) in [6.45, 7) is 7.21. The van der Waals surface area contributed by atoms with Crippen molar-refractivity contribution in [2.45, 2.75) is 31.6 Å². The van der Waals surface area contributed by atoms with Gasteiger partial charge in [-0.2, -0.15) is 0 Å². The Morgan fingerprint density at radius 1 is 1.19 bits per heavy atom. The molecule has 110 valence electrons. The third-order valence-electron chi connectivity index (χ3n) is 4.04. The summed E-state index contributed by atoms with van der Waals surface area (Å²) < 4.78 is 6.80. The van der Waals surface area contributed by atoms with Crippen molar-refractivity contribution in [2.75, 3.05) is 6.61 Å². The van der Waals surface area contributed by atoms with Crippen LogP contribution in [0.4, 0.5) is 0 Å².